The first-order chi connectivity index (χ1) is 10.2. The van der Waals surface area contributed by atoms with Gasteiger partial charge in [0, 0.05) is 24.5 Å². The molecule has 6 heteroatoms. The van der Waals surface area contributed by atoms with Gasteiger partial charge in [0.25, 0.3) is 0 Å². The Morgan fingerprint density at radius 2 is 2.00 bits per heavy atom. The van der Waals surface area contributed by atoms with Gasteiger partial charge in [0.15, 0.2) is 0 Å². The van der Waals surface area contributed by atoms with Gasteiger partial charge in [0.2, 0.25) is 0 Å². The summed E-state index contributed by atoms with van der Waals surface area (Å²) in [6.45, 7) is 6.01. The molecule has 1 aromatic heterocycles. The molecular formula is C15H23N3O2S. The molecule has 0 spiro atoms. The van der Waals surface area contributed by atoms with E-state index in [-0.39, 0.29) is 0 Å². The lowest BCUT2D eigenvalue weighted by Gasteiger charge is -2.31. The first-order valence-corrected chi connectivity index (χ1v) is 8.37. The molecule has 1 saturated heterocycles. The number of amides is 2. The van der Waals surface area contributed by atoms with Crippen molar-refractivity contribution in [3.8, 4) is 0 Å². The summed E-state index contributed by atoms with van der Waals surface area (Å²) in [4.78, 5) is 26.7. The predicted octanol–water partition coefficient (Wildman–Crippen LogP) is 1.21. The molecule has 0 unspecified atom stereocenters. The average molecular weight is 309 g/mol. The Kier molecular flexibility index (Phi) is 6.20. The molecule has 116 valence electrons. The average Bonchev–Trinajstić information content (AvgIpc) is 2.99. The number of hydrogen-bond donors (Lipinski definition) is 2. The number of nitrogens with one attached hydrogen (secondary N) is 2. The van der Waals surface area contributed by atoms with Gasteiger partial charge in [-0.05, 0) is 50.2 Å². The summed E-state index contributed by atoms with van der Waals surface area (Å²) in [5, 5.41) is 7.35. The SMILES string of the molecule is CCNC(=O)C(=O)NCC1CCN(Cc2cccs2)CC1. The number of nitrogens with zero attached hydrogens (tertiary/aromatic N) is 1. The van der Waals surface area contributed by atoms with Gasteiger partial charge in [-0.2, -0.15) is 0 Å². The molecule has 2 rings (SSSR count). The number of carbonyl (C=O) groups excluding carboxylic acids is 2. The predicted molar refractivity (Wildman–Crippen MR) is 84.0 cm³/mol. The molecule has 5 nitrogen and oxygen atoms in total. The summed E-state index contributed by atoms with van der Waals surface area (Å²) in [6.07, 6.45) is 2.14. The van der Waals surface area contributed by atoms with Crippen LogP contribution in [0.1, 0.15) is 24.6 Å². The van der Waals surface area contributed by atoms with Crippen molar-refractivity contribution >= 4 is 23.2 Å². The van der Waals surface area contributed by atoms with Crippen molar-refractivity contribution in [3.05, 3.63) is 22.4 Å². The number of hydrogen-bond acceptors (Lipinski definition) is 4. The highest BCUT2D eigenvalue weighted by Crippen LogP contribution is 2.20. The highest BCUT2D eigenvalue weighted by atomic mass is 32.1. The zero-order valence-electron chi connectivity index (χ0n) is 12.4. The van der Waals surface area contributed by atoms with E-state index in [4.69, 9.17) is 0 Å². The van der Waals surface area contributed by atoms with Crippen molar-refractivity contribution in [1.82, 2.24) is 15.5 Å². The molecule has 1 aliphatic rings. The van der Waals surface area contributed by atoms with Gasteiger partial charge in [-0.15, -0.1) is 11.3 Å². The van der Waals surface area contributed by atoms with Crippen molar-refractivity contribution in [2.24, 2.45) is 5.92 Å². The van der Waals surface area contributed by atoms with Crippen LogP contribution in [0.15, 0.2) is 17.5 Å². The van der Waals surface area contributed by atoms with Gasteiger partial charge in [0.05, 0.1) is 0 Å². The molecule has 0 bridgehead atoms. The summed E-state index contributed by atoms with van der Waals surface area (Å²) >= 11 is 1.80. The van der Waals surface area contributed by atoms with E-state index in [1.54, 1.807) is 18.3 Å². The standard InChI is InChI=1S/C15H23N3O2S/c1-2-16-14(19)15(20)17-10-12-5-7-18(8-6-12)11-13-4-3-9-21-13/h3-4,9,12H,2,5-8,10-11H2,1H3,(H,16,19)(H,17,20). The minimum atomic E-state index is -0.535. The summed E-state index contributed by atoms with van der Waals surface area (Å²) in [5.74, 6) is -0.576. The van der Waals surface area contributed by atoms with Crippen LogP contribution < -0.4 is 10.6 Å². The number of likely N-dealkylation sites (N-methyl/N-ethyl adjacent to an activating group) is 1. The third-order valence-corrected chi connectivity index (χ3v) is 4.62. The maximum Gasteiger partial charge on any atom is 0.309 e. The molecule has 2 heterocycles. The second kappa shape index (κ2) is 8.14. The van der Waals surface area contributed by atoms with Crippen molar-refractivity contribution in [3.63, 3.8) is 0 Å². The quantitative estimate of drug-likeness (QED) is 0.804. The van der Waals surface area contributed by atoms with Crippen LogP contribution in [-0.2, 0) is 16.1 Å². The Labute approximate surface area is 129 Å². The number of rotatable bonds is 5. The molecule has 21 heavy (non-hydrogen) atoms. The Hall–Kier alpha value is -1.40. The van der Waals surface area contributed by atoms with Crippen molar-refractivity contribution < 1.29 is 9.59 Å². The first kappa shape index (κ1) is 16.0. The molecule has 0 aliphatic carbocycles. The fraction of sp³-hybridized carbons (Fsp3) is 0.600. The third-order valence-electron chi connectivity index (χ3n) is 3.76. The van der Waals surface area contributed by atoms with Crippen LogP contribution in [0.4, 0.5) is 0 Å². The molecule has 0 atom stereocenters. The molecule has 1 fully saturated rings. The Balaban J connectivity index is 1.65. The summed E-state index contributed by atoms with van der Waals surface area (Å²) in [7, 11) is 0. The lowest BCUT2D eigenvalue weighted by molar-refractivity contribution is -0.139. The molecular weight excluding hydrogens is 286 g/mol. The van der Waals surface area contributed by atoms with Crippen LogP contribution in [0.5, 0.6) is 0 Å². The van der Waals surface area contributed by atoms with Gasteiger partial charge in [0.1, 0.15) is 0 Å². The second-order valence-electron chi connectivity index (χ2n) is 5.37. The fourth-order valence-electron chi connectivity index (χ4n) is 2.53. The Morgan fingerprint density at radius 1 is 1.29 bits per heavy atom. The summed E-state index contributed by atoms with van der Waals surface area (Å²) in [5.41, 5.74) is 0. The van der Waals surface area contributed by atoms with E-state index in [2.05, 4.69) is 33.0 Å². The topological polar surface area (TPSA) is 61.4 Å². The van der Waals surface area contributed by atoms with Crippen LogP contribution >= 0.6 is 11.3 Å². The molecule has 0 radical (unpaired) electrons. The summed E-state index contributed by atoms with van der Waals surface area (Å²) < 4.78 is 0. The molecule has 2 N–H and O–H groups in total. The highest BCUT2D eigenvalue weighted by Gasteiger charge is 2.21. The van der Waals surface area contributed by atoms with Gasteiger partial charge in [-0.1, -0.05) is 6.07 Å². The normalized spacial score (nSPS) is 16.6. The molecule has 0 aromatic carbocycles. The third kappa shape index (κ3) is 5.13. The number of thiophene rings is 1. The van der Waals surface area contributed by atoms with E-state index in [9.17, 15) is 9.59 Å². The Morgan fingerprint density at radius 3 is 2.62 bits per heavy atom. The van der Waals surface area contributed by atoms with Crippen LogP contribution in [0.2, 0.25) is 0 Å². The zero-order chi connectivity index (χ0) is 15.1. The van der Waals surface area contributed by atoms with E-state index < -0.39 is 11.8 Å². The lowest BCUT2D eigenvalue weighted by atomic mass is 9.97. The van der Waals surface area contributed by atoms with Gasteiger partial charge in [-0.3, -0.25) is 14.5 Å². The number of likely N-dealkylation sites (tertiary alicyclic amines) is 1. The van der Waals surface area contributed by atoms with Crippen LogP contribution in [0, 0.1) is 5.92 Å². The van der Waals surface area contributed by atoms with E-state index in [0.29, 0.717) is 19.0 Å². The zero-order valence-corrected chi connectivity index (χ0v) is 13.2. The number of carbonyl (C=O) groups is 2. The van der Waals surface area contributed by atoms with Crippen LogP contribution in [0.3, 0.4) is 0 Å². The molecule has 1 aromatic rings. The van der Waals surface area contributed by atoms with Crippen LogP contribution in [-0.4, -0.2) is 42.9 Å². The first-order valence-electron chi connectivity index (χ1n) is 7.49. The fourth-order valence-corrected chi connectivity index (χ4v) is 3.28. The van der Waals surface area contributed by atoms with E-state index in [1.807, 2.05) is 0 Å². The number of piperidine rings is 1. The molecule has 2 amide bonds. The smallest absolute Gasteiger partial charge is 0.309 e. The van der Waals surface area contributed by atoms with Gasteiger partial charge >= 0.3 is 11.8 Å². The summed E-state index contributed by atoms with van der Waals surface area (Å²) in [6, 6.07) is 4.26. The monoisotopic (exact) mass is 309 g/mol. The van der Waals surface area contributed by atoms with Crippen molar-refractivity contribution in [1.29, 1.82) is 0 Å². The highest BCUT2D eigenvalue weighted by molar-refractivity contribution is 7.09. The van der Waals surface area contributed by atoms with Gasteiger partial charge < -0.3 is 10.6 Å². The van der Waals surface area contributed by atoms with E-state index in [1.165, 1.54) is 4.88 Å². The Bertz CT molecular complexity index is 453. The maximum atomic E-state index is 11.5. The van der Waals surface area contributed by atoms with Crippen LogP contribution in [0.25, 0.3) is 0 Å². The van der Waals surface area contributed by atoms with E-state index in [0.717, 1.165) is 32.5 Å². The lowest BCUT2D eigenvalue weighted by Crippen LogP contribution is -2.43. The van der Waals surface area contributed by atoms with Gasteiger partial charge in [-0.25, -0.2) is 0 Å². The van der Waals surface area contributed by atoms with Crippen molar-refractivity contribution in [2.75, 3.05) is 26.2 Å². The molecule has 0 saturated carbocycles. The van der Waals surface area contributed by atoms with Crippen molar-refractivity contribution in [2.45, 2.75) is 26.3 Å². The van der Waals surface area contributed by atoms with E-state index >= 15 is 0 Å². The maximum absolute atomic E-state index is 11.5. The molecule has 1 aliphatic heterocycles. The largest absolute Gasteiger partial charge is 0.348 e. The minimum absolute atomic E-state index is 0.475. The second-order valence-corrected chi connectivity index (χ2v) is 6.40. The minimum Gasteiger partial charge on any atom is -0.348 e.